The molecule has 0 radical (unpaired) electrons. The van der Waals surface area contributed by atoms with Gasteiger partial charge in [-0.15, -0.1) is 0 Å². The number of aliphatic hydroxyl groups is 2. The number of thiazole rings is 1. The Kier molecular flexibility index (Phi) is 3.95. The summed E-state index contributed by atoms with van der Waals surface area (Å²) in [6.07, 6.45) is -0.804. The highest BCUT2D eigenvalue weighted by Crippen LogP contribution is 2.11. The number of rotatable bonds is 5. The smallest absolute Gasteiger partial charge is 0.311 e. The zero-order valence-corrected chi connectivity index (χ0v) is 10.5. The van der Waals surface area contributed by atoms with Gasteiger partial charge in [-0.05, 0) is 0 Å². The second-order valence-electron chi connectivity index (χ2n) is 3.68. The molecule has 0 aliphatic carbocycles. The Bertz CT molecular complexity index is 686. The molecule has 0 bridgehead atoms. The lowest BCUT2D eigenvalue weighted by molar-refractivity contribution is -0.0493. The summed E-state index contributed by atoms with van der Waals surface area (Å²) in [6.45, 7) is -1.01. The molecule has 0 aliphatic heterocycles. The zero-order chi connectivity index (χ0) is 14.0. The van der Waals surface area contributed by atoms with Crippen LogP contribution in [0.25, 0.3) is 10.3 Å². The third-order valence-electron chi connectivity index (χ3n) is 2.39. The first-order valence-electron chi connectivity index (χ1n) is 5.29. The van der Waals surface area contributed by atoms with Crippen LogP contribution in [0.1, 0.15) is 0 Å². The maximum absolute atomic E-state index is 11.7. The minimum Gasteiger partial charge on any atom is -0.394 e. The predicted octanol–water partition coefficient (Wildman–Crippen LogP) is -1.94. The monoisotopic (exact) mass is 288 g/mol. The van der Waals surface area contributed by atoms with Crippen molar-refractivity contribution in [2.24, 2.45) is 0 Å². The van der Waals surface area contributed by atoms with E-state index in [-0.39, 0.29) is 36.2 Å². The van der Waals surface area contributed by atoms with Crippen LogP contribution in [0.15, 0.2) is 9.59 Å². The summed E-state index contributed by atoms with van der Waals surface area (Å²) in [6, 6.07) is 0. The highest BCUT2D eigenvalue weighted by atomic mass is 32.1. The van der Waals surface area contributed by atoms with E-state index in [4.69, 9.17) is 20.7 Å². The number of hydrogen-bond acceptors (Lipinski definition) is 8. The number of aromatic nitrogens is 3. The van der Waals surface area contributed by atoms with Crippen molar-refractivity contribution in [1.29, 1.82) is 0 Å². The molecule has 104 valence electrons. The Morgan fingerprint density at radius 1 is 1.42 bits per heavy atom. The molecular formula is C9H12N4O5S. The first kappa shape index (κ1) is 13.7. The average molecular weight is 288 g/mol. The fourth-order valence-electron chi connectivity index (χ4n) is 1.43. The first-order valence-corrected chi connectivity index (χ1v) is 6.11. The van der Waals surface area contributed by atoms with Crippen LogP contribution < -0.4 is 16.2 Å². The van der Waals surface area contributed by atoms with Crippen molar-refractivity contribution in [3.05, 3.63) is 20.0 Å². The number of aromatic amines is 1. The summed E-state index contributed by atoms with van der Waals surface area (Å²) >= 11 is 0.722. The van der Waals surface area contributed by atoms with Crippen LogP contribution in [-0.2, 0) is 11.5 Å². The number of anilines is 1. The van der Waals surface area contributed by atoms with Crippen LogP contribution in [0.4, 0.5) is 5.95 Å². The van der Waals surface area contributed by atoms with Gasteiger partial charge in [-0.2, -0.15) is 4.98 Å². The molecule has 0 unspecified atom stereocenters. The number of fused-ring (bicyclic) bond motifs is 1. The van der Waals surface area contributed by atoms with Crippen LogP contribution in [0.2, 0.25) is 0 Å². The summed E-state index contributed by atoms with van der Waals surface area (Å²) in [5.74, 6) is -0.107. The Morgan fingerprint density at radius 3 is 2.74 bits per heavy atom. The molecule has 10 heteroatoms. The van der Waals surface area contributed by atoms with E-state index in [0.717, 1.165) is 15.9 Å². The molecule has 0 saturated heterocycles. The number of nitrogens with one attached hydrogen (secondary N) is 1. The normalized spacial score (nSPS) is 11.5. The highest BCUT2D eigenvalue weighted by molar-refractivity contribution is 7.16. The molecule has 2 rings (SSSR count). The molecule has 19 heavy (non-hydrogen) atoms. The van der Waals surface area contributed by atoms with Crippen molar-refractivity contribution in [3.63, 3.8) is 0 Å². The van der Waals surface area contributed by atoms with Gasteiger partial charge in [0.25, 0.3) is 5.56 Å². The summed E-state index contributed by atoms with van der Waals surface area (Å²) in [4.78, 5) is 29.0. The highest BCUT2D eigenvalue weighted by Gasteiger charge is 2.14. The van der Waals surface area contributed by atoms with Crippen molar-refractivity contribution in [3.8, 4) is 0 Å². The number of aliphatic hydroxyl groups excluding tert-OH is 2. The average Bonchev–Trinajstić information content (AvgIpc) is 2.68. The number of nitrogens with zero attached hydrogens (tertiary/aromatic N) is 2. The molecule has 0 aliphatic rings. The summed E-state index contributed by atoms with van der Waals surface area (Å²) < 4.78 is 6.39. The minimum atomic E-state index is -0.804. The molecule has 0 saturated carbocycles. The van der Waals surface area contributed by atoms with Gasteiger partial charge < -0.3 is 20.7 Å². The van der Waals surface area contributed by atoms with Gasteiger partial charge in [0.1, 0.15) is 17.5 Å². The zero-order valence-electron chi connectivity index (χ0n) is 9.70. The van der Waals surface area contributed by atoms with E-state index in [1.807, 2.05) is 0 Å². The van der Waals surface area contributed by atoms with Gasteiger partial charge in [0.05, 0.1) is 13.2 Å². The molecule has 0 amide bonds. The Balaban J connectivity index is 2.40. The van der Waals surface area contributed by atoms with Gasteiger partial charge in [-0.1, -0.05) is 11.3 Å². The third kappa shape index (κ3) is 2.66. The Hall–Kier alpha value is -1.75. The quantitative estimate of drug-likeness (QED) is 0.501. The lowest BCUT2D eigenvalue weighted by Crippen LogP contribution is -2.26. The second-order valence-corrected chi connectivity index (χ2v) is 4.64. The van der Waals surface area contributed by atoms with Gasteiger partial charge in [0.15, 0.2) is 5.65 Å². The number of ether oxygens (including phenoxy) is 1. The molecule has 2 aromatic rings. The molecule has 2 aromatic heterocycles. The maximum Gasteiger partial charge on any atom is 0.311 e. The summed E-state index contributed by atoms with van der Waals surface area (Å²) in [7, 11) is 0. The molecule has 9 nitrogen and oxygen atoms in total. The van der Waals surface area contributed by atoms with Crippen LogP contribution in [-0.4, -0.2) is 44.1 Å². The second kappa shape index (κ2) is 5.48. The van der Waals surface area contributed by atoms with Crippen molar-refractivity contribution >= 4 is 27.6 Å². The van der Waals surface area contributed by atoms with Gasteiger partial charge in [0.2, 0.25) is 5.95 Å². The standard InChI is InChI=1S/C9H12N4O5S/c10-8-11-6-5(7(16)12-8)19-9(17)13(6)3-18-4(1-14)2-15/h4,14-15H,1-3H2,(H3,10,11,12,16). The molecule has 0 atom stereocenters. The molecular weight excluding hydrogens is 276 g/mol. The van der Waals surface area contributed by atoms with E-state index in [1.54, 1.807) is 0 Å². The van der Waals surface area contributed by atoms with Crippen molar-refractivity contribution < 1.29 is 14.9 Å². The largest absolute Gasteiger partial charge is 0.394 e. The fraction of sp³-hybridized carbons (Fsp3) is 0.444. The van der Waals surface area contributed by atoms with E-state index in [1.165, 1.54) is 0 Å². The summed E-state index contributed by atoms with van der Waals surface area (Å²) in [5.41, 5.74) is 5.03. The fourth-order valence-corrected chi connectivity index (χ4v) is 2.24. The Morgan fingerprint density at radius 2 is 2.11 bits per heavy atom. The van der Waals surface area contributed by atoms with Crippen LogP contribution >= 0.6 is 11.3 Å². The van der Waals surface area contributed by atoms with Gasteiger partial charge in [-0.3, -0.25) is 19.1 Å². The van der Waals surface area contributed by atoms with Gasteiger partial charge in [0, 0.05) is 0 Å². The van der Waals surface area contributed by atoms with E-state index >= 15 is 0 Å². The van der Waals surface area contributed by atoms with Crippen molar-refractivity contribution in [2.45, 2.75) is 12.8 Å². The van der Waals surface area contributed by atoms with Crippen LogP contribution in [0.3, 0.4) is 0 Å². The van der Waals surface area contributed by atoms with Gasteiger partial charge >= 0.3 is 4.87 Å². The topological polar surface area (TPSA) is 143 Å². The SMILES string of the molecule is Nc1nc2c(sc(=O)n2COC(CO)CO)c(=O)[nH]1. The third-order valence-corrected chi connectivity index (χ3v) is 3.36. The van der Waals surface area contributed by atoms with E-state index in [9.17, 15) is 9.59 Å². The van der Waals surface area contributed by atoms with Crippen LogP contribution in [0, 0.1) is 0 Å². The Labute approximate surface area is 109 Å². The minimum absolute atomic E-state index is 0.107. The number of H-pyrrole nitrogens is 1. The lowest BCUT2D eigenvalue weighted by atomic mass is 10.4. The van der Waals surface area contributed by atoms with E-state index in [0.29, 0.717) is 0 Å². The molecule has 0 fully saturated rings. The van der Waals surface area contributed by atoms with Gasteiger partial charge in [-0.25, -0.2) is 0 Å². The molecule has 0 aromatic carbocycles. The number of hydrogen-bond donors (Lipinski definition) is 4. The number of nitrogen functional groups attached to an aromatic ring is 1. The summed E-state index contributed by atoms with van der Waals surface area (Å²) in [5, 5.41) is 17.7. The molecule has 2 heterocycles. The first-order chi connectivity index (χ1) is 9.06. The van der Waals surface area contributed by atoms with Crippen LogP contribution in [0.5, 0.6) is 0 Å². The molecule has 0 spiro atoms. The van der Waals surface area contributed by atoms with E-state index in [2.05, 4.69) is 9.97 Å². The maximum atomic E-state index is 11.7. The predicted molar refractivity (Wildman–Crippen MR) is 68.0 cm³/mol. The molecule has 5 N–H and O–H groups in total. The lowest BCUT2D eigenvalue weighted by Gasteiger charge is -2.12. The van der Waals surface area contributed by atoms with Crippen molar-refractivity contribution in [1.82, 2.24) is 14.5 Å². The number of nitrogens with two attached hydrogens (primary N) is 1. The van der Waals surface area contributed by atoms with E-state index < -0.39 is 16.5 Å². The van der Waals surface area contributed by atoms with Crippen molar-refractivity contribution in [2.75, 3.05) is 18.9 Å².